The van der Waals surface area contributed by atoms with Gasteiger partial charge in [0.05, 0.1) is 17.4 Å². The second-order valence-electron chi connectivity index (χ2n) is 5.10. The van der Waals surface area contributed by atoms with Crippen LogP contribution in [-0.4, -0.2) is 35.2 Å². The van der Waals surface area contributed by atoms with Crippen molar-refractivity contribution in [2.45, 2.75) is 18.9 Å². The van der Waals surface area contributed by atoms with Crippen LogP contribution in [0, 0.1) is 11.8 Å². The maximum atomic E-state index is 12.8. The Hall–Kier alpha value is -1.29. The summed E-state index contributed by atoms with van der Waals surface area (Å²) in [7, 11) is 0. The maximum absolute atomic E-state index is 12.8. The first kappa shape index (κ1) is 17.1. The molecule has 0 bridgehead atoms. The number of carbonyl (C=O) groups is 1. The minimum atomic E-state index is -4.70. The minimum absolute atomic E-state index is 0.135. The summed E-state index contributed by atoms with van der Waals surface area (Å²) >= 11 is 0.805. The number of likely N-dealkylation sites (tertiary alicyclic amines) is 1. The molecule has 1 N–H and O–H groups in total. The minimum Gasteiger partial charge on any atom is -0.481 e. The molecule has 0 radical (unpaired) electrons. The van der Waals surface area contributed by atoms with Gasteiger partial charge in [-0.25, -0.2) is 0 Å². The SMILES string of the molecule is O=C(O)[C@@H]1CN(Cc2cscc2C(F)(F)F)C[C@H]1C(F)(F)F. The molecule has 1 saturated heterocycles. The van der Waals surface area contributed by atoms with Crippen LogP contribution in [0.2, 0.25) is 0 Å². The fraction of sp³-hybridized carbons (Fsp3) is 0.583. The fourth-order valence-electron chi connectivity index (χ4n) is 2.53. The maximum Gasteiger partial charge on any atom is 0.417 e. The van der Waals surface area contributed by atoms with E-state index in [2.05, 4.69) is 0 Å². The number of aliphatic carboxylic acids is 1. The molecule has 1 aromatic heterocycles. The van der Waals surface area contributed by atoms with Crippen molar-refractivity contribution in [3.05, 3.63) is 21.9 Å². The third-order valence-electron chi connectivity index (χ3n) is 3.57. The van der Waals surface area contributed by atoms with Crippen LogP contribution in [0.3, 0.4) is 0 Å². The summed E-state index contributed by atoms with van der Waals surface area (Å²) in [6, 6.07) is 0. The molecule has 0 aliphatic carbocycles. The molecule has 2 heterocycles. The second-order valence-corrected chi connectivity index (χ2v) is 5.84. The lowest BCUT2D eigenvalue weighted by atomic mass is 9.96. The lowest BCUT2D eigenvalue weighted by Crippen LogP contribution is -2.33. The average molecular weight is 347 g/mol. The highest BCUT2D eigenvalue weighted by molar-refractivity contribution is 7.08. The standard InChI is InChI=1S/C12H11F6NO2S/c13-11(14,15)8-3-19(2-7(8)10(20)21)1-6-4-22-5-9(6)12(16,17)18/h4-5,7-8H,1-3H2,(H,20,21)/t7-,8-/m1/s1. The fourth-order valence-corrected chi connectivity index (χ4v) is 3.39. The Morgan fingerprint density at radius 1 is 1.23 bits per heavy atom. The summed E-state index contributed by atoms with van der Waals surface area (Å²) < 4.78 is 76.7. The molecule has 1 aliphatic rings. The van der Waals surface area contributed by atoms with E-state index < -0.39 is 48.8 Å². The van der Waals surface area contributed by atoms with Gasteiger partial charge in [0, 0.05) is 25.0 Å². The van der Waals surface area contributed by atoms with E-state index >= 15 is 0 Å². The zero-order valence-corrected chi connectivity index (χ0v) is 11.7. The Kier molecular flexibility index (Phi) is 4.44. The summed E-state index contributed by atoms with van der Waals surface area (Å²) in [5.74, 6) is -5.32. The van der Waals surface area contributed by atoms with Gasteiger partial charge in [0.2, 0.25) is 0 Å². The highest BCUT2D eigenvalue weighted by atomic mass is 32.1. The van der Waals surface area contributed by atoms with E-state index in [0.29, 0.717) is 0 Å². The average Bonchev–Trinajstić information content (AvgIpc) is 2.93. The number of nitrogens with zero attached hydrogens (tertiary/aromatic N) is 1. The molecule has 1 aromatic rings. The van der Waals surface area contributed by atoms with Crippen molar-refractivity contribution in [1.29, 1.82) is 0 Å². The summed E-state index contributed by atoms with van der Waals surface area (Å²) in [6.45, 7) is -1.39. The highest BCUT2D eigenvalue weighted by Gasteiger charge is 2.52. The smallest absolute Gasteiger partial charge is 0.417 e. The first-order chi connectivity index (χ1) is 10.00. The number of halogens is 6. The highest BCUT2D eigenvalue weighted by Crippen LogP contribution is 2.40. The van der Waals surface area contributed by atoms with Crippen molar-refractivity contribution in [2.75, 3.05) is 13.1 Å². The molecule has 3 nitrogen and oxygen atoms in total. The van der Waals surface area contributed by atoms with Crippen molar-refractivity contribution < 1.29 is 36.2 Å². The Bertz CT molecular complexity index is 553. The summed E-state index contributed by atoms with van der Waals surface area (Å²) in [5, 5.41) is 11.0. The van der Waals surface area contributed by atoms with E-state index in [1.807, 2.05) is 0 Å². The molecular formula is C12H11F6NO2S. The quantitative estimate of drug-likeness (QED) is 0.852. The van der Waals surface area contributed by atoms with Crippen molar-refractivity contribution in [2.24, 2.45) is 11.8 Å². The van der Waals surface area contributed by atoms with Gasteiger partial charge in [0.25, 0.3) is 0 Å². The largest absolute Gasteiger partial charge is 0.481 e. The van der Waals surface area contributed by atoms with E-state index in [1.165, 1.54) is 5.38 Å². The molecule has 0 amide bonds. The van der Waals surface area contributed by atoms with E-state index in [-0.39, 0.29) is 12.1 Å². The Labute approximate surface area is 125 Å². The predicted octanol–water partition coefficient (Wildman–Crippen LogP) is 3.46. The lowest BCUT2D eigenvalue weighted by Gasteiger charge is -2.18. The molecule has 124 valence electrons. The van der Waals surface area contributed by atoms with Gasteiger partial charge >= 0.3 is 18.3 Å². The number of carboxylic acid groups (broad SMARTS) is 1. The van der Waals surface area contributed by atoms with Crippen LogP contribution in [0.15, 0.2) is 10.8 Å². The third-order valence-corrected chi connectivity index (χ3v) is 4.37. The molecule has 0 unspecified atom stereocenters. The van der Waals surface area contributed by atoms with E-state index in [4.69, 9.17) is 5.11 Å². The van der Waals surface area contributed by atoms with Gasteiger partial charge in [0.1, 0.15) is 0 Å². The van der Waals surface area contributed by atoms with Gasteiger partial charge < -0.3 is 5.11 Å². The van der Waals surface area contributed by atoms with E-state index in [0.717, 1.165) is 21.6 Å². The number of thiophene rings is 1. The molecule has 0 spiro atoms. The lowest BCUT2D eigenvalue weighted by molar-refractivity contribution is -0.188. The monoisotopic (exact) mass is 347 g/mol. The van der Waals surface area contributed by atoms with Crippen molar-refractivity contribution in [1.82, 2.24) is 4.90 Å². The molecule has 1 fully saturated rings. The number of carboxylic acids is 1. The van der Waals surface area contributed by atoms with Crippen LogP contribution in [0.5, 0.6) is 0 Å². The number of rotatable bonds is 3. The van der Waals surface area contributed by atoms with E-state index in [1.54, 1.807) is 0 Å². The molecule has 1 aliphatic heterocycles. The van der Waals surface area contributed by atoms with E-state index in [9.17, 15) is 31.1 Å². The number of alkyl halides is 6. The normalized spacial score (nSPS) is 23.9. The summed E-state index contributed by atoms with van der Waals surface area (Å²) in [4.78, 5) is 12.0. The van der Waals surface area contributed by atoms with Crippen LogP contribution in [0.25, 0.3) is 0 Å². The number of hydrogen-bond donors (Lipinski definition) is 1. The second kappa shape index (κ2) is 5.73. The molecule has 0 saturated carbocycles. The van der Waals surface area contributed by atoms with Crippen LogP contribution in [-0.2, 0) is 17.5 Å². The first-order valence-electron chi connectivity index (χ1n) is 6.14. The predicted molar refractivity (Wildman–Crippen MR) is 65.3 cm³/mol. The zero-order valence-electron chi connectivity index (χ0n) is 10.9. The Morgan fingerprint density at radius 2 is 1.86 bits per heavy atom. The van der Waals surface area contributed by atoms with Crippen LogP contribution in [0.1, 0.15) is 11.1 Å². The van der Waals surface area contributed by atoms with Crippen molar-refractivity contribution in [3.63, 3.8) is 0 Å². The van der Waals surface area contributed by atoms with Gasteiger partial charge in [-0.15, -0.1) is 0 Å². The summed E-state index contributed by atoms with van der Waals surface area (Å²) in [6.07, 6.45) is -9.27. The molecule has 10 heteroatoms. The zero-order chi connectivity index (χ0) is 16.7. The number of hydrogen-bond acceptors (Lipinski definition) is 3. The van der Waals surface area contributed by atoms with Crippen molar-refractivity contribution >= 4 is 17.3 Å². The van der Waals surface area contributed by atoms with Gasteiger partial charge in [-0.3, -0.25) is 9.69 Å². The molecule has 22 heavy (non-hydrogen) atoms. The van der Waals surface area contributed by atoms with Gasteiger partial charge in [0.15, 0.2) is 0 Å². The molecular weight excluding hydrogens is 336 g/mol. The van der Waals surface area contributed by atoms with Crippen LogP contribution >= 0.6 is 11.3 Å². The molecule has 0 aromatic carbocycles. The molecule has 2 rings (SSSR count). The van der Waals surface area contributed by atoms with Crippen molar-refractivity contribution in [3.8, 4) is 0 Å². The Morgan fingerprint density at radius 3 is 2.32 bits per heavy atom. The van der Waals surface area contributed by atoms with Crippen LogP contribution < -0.4 is 0 Å². The van der Waals surface area contributed by atoms with Gasteiger partial charge in [-0.05, 0) is 10.9 Å². The third kappa shape index (κ3) is 3.54. The van der Waals surface area contributed by atoms with Crippen LogP contribution in [0.4, 0.5) is 26.3 Å². The van der Waals surface area contributed by atoms with Gasteiger partial charge in [-0.1, -0.05) is 0 Å². The summed E-state index contributed by atoms with van der Waals surface area (Å²) in [5.41, 5.74) is -1.02. The van der Waals surface area contributed by atoms with Gasteiger partial charge in [-0.2, -0.15) is 37.7 Å². The Balaban J connectivity index is 2.16. The topological polar surface area (TPSA) is 40.5 Å². The first-order valence-corrected chi connectivity index (χ1v) is 7.08. The molecule has 2 atom stereocenters.